The molecule has 1 heterocycles. The van der Waals surface area contributed by atoms with E-state index in [1.54, 1.807) is 7.05 Å². The largest absolute Gasteiger partial charge is 0.385 e. The van der Waals surface area contributed by atoms with Gasteiger partial charge in [0.1, 0.15) is 0 Å². The van der Waals surface area contributed by atoms with Crippen molar-refractivity contribution in [1.82, 2.24) is 20.4 Å². The predicted molar refractivity (Wildman–Crippen MR) is 121 cm³/mol. The minimum atomic E-state index is 0. The van der Waals surface area contributed by atoms with Crippen molar-refractivity contribution in [2.24, 2.45) is 4.99 Å². The number of halogens is 1. The Labute approximate surface area is 173 Å². The first kappa shape index (κ1) is 22.3. The first-order valence-corrected chi connectivity index (χ1v) is 8.93. The van der Waals surface area contributed by atoms with Crippen LogP contribution in [0.3, 0.4) is 0 Å². The first-order chi connectivity index (χ1) is 12.2. The molecule has 0 aliphatic rings. The van der Waals surface area contributed by atoms with E-state index >= 15 is 0 Å². The SMILES string of the molecule is CN=C(NCCCNc1ccccc1)NCCCn1nc(C)cc1C.I. The van der Waals surface area contributed by atoms with Crippen LogP contribution >= 0.6 is 24.0 Å². The van der Waals surface area contributed by atoms with Gasteiger partial charge in [-0.1, -0.05) is 18.2 Å². The number of nitrogens with one attached hydrogen (secondary N) is 3. The van der Waals surface area contributed by atoms with Gasteiger partial charge in [-0.15, -0.1) is 24.0 Å². The van der Waals surface area contributed by atoms with Gasteiger partial charge in [0.2, 0.25) is 0 Å². The number of nitrogens with zero attached hydrogens (tertiary/aromatic N) is 3. The zero-order chi connectivity index (χ0) is 17.9. The normalized spacial score (nSPS) is 11.0. The van der Waals surface area contributed by atoms with Crippen molar-refractivity contribution in [3.8, 4) is 0 Å². The summed E-state index contributed by atoms with van der Waals surface area (Å²) in [5.74, 6) is 0.855. The highest BCUT2D eigenvalue weighted by molar-refractivity contribution is 14.0. The summed E-state index contributed by atoms with van der Waals surface area (Å²) in [7, 11) is 1.80. The third kappa shape index (κ3) is 8.07. The van der Waals surface area contributed by atoms with E-state index in [1.807, 2.05) is 25.1 Å². The molecule has 1 aromatic carbocycles. The maximum Gasteiger partial charge on any atom is 0.190 e. The number of rotatable bonds is 9. The summed E-state index contributed by atoms with van der Waals surface area (Å²) < 4.78 is 2.06. The van der Waals surface area contributed by atoms with Gasteiger partial charge in [0, 0.05) is 44.6 Å². The van der Waals surface area contributed by atoms with E-state index in [4.69, 9.17) is 0 Å². The molecule has 2 rings (SSSR count). The van der Waals surface area contributed by atoms with Gasteiger partial charge in [-0.05, 0) is 44.9 Å². The van der Waals surface area contributed by atoms with E-state index in [0.717, 1.165) is 56.4 Å². The van der Waals surface area contributed by atoms with E-state index in [-0.39, 0.29) is 24.0 Å². The molecular formula is C19H31IN6. The lowest BCUT2D eigenvalue weighted by atomic mass is 10.3. The summed E-state index contributed by atoms with van der Waals surface area (Å²) in [6.45, 7) is 7.74. The molecule has 0 bridgehead atoms. The fraction of sp³-hybridized carbons (Fsp3) is 0.474. The number of aryl methyl sites for hydroxylation is 3. The van der Waals surface area contributed by atoms with E-state index in [1.165, 1.54) is 5.69 Å². The predicted octanol–water partition coefficient (Wildman–Crippen LogP) is 3.18. The third-order valence-corrected chi connectivity index (χ3v) is 3.92. The van der Waals surface area contributed by atoms with Crippen LogP contribution in [0.2, 0.25) is 0 Å². The van der Waals surface area contributed by atoms with Crippen LogP contribution in [0.4, 0.5) is 5.69 Å². The van der Waals surface area contributed by atoms with Crippen molar-refractivity contribution in [2.45, 2.75) is 33.2 Å². The maximum absolute atomic E-state index is 4.48. The highest BCUT2D eigenvalue weighted by Crippen LogP contribution is 2.04. The van der Waals surface area contributed by atoms with Crippen LogP contribution in [-0.4, -0.2) is 42.4 Å². The lowest BCUT2D eigenvalue weighted by molar-refractivity contribution is 0.555. The highest BCUT2D eigenvalue weighted by Gasteiger charge is 2.01. The molecule has 0 radical (unpaired) electrons. The van der Waals surface area contributed by atoms with Gasteiger partial charge >= 0.3 is 0 Å². The molecule has 0 saturated heterocycles. The Bertz CT molecular complexity index is 653. The summed E-state index contributed by atoms with van der Waals surface area (Å²) in [6.07, 6.45) is 2.04. The Morgan fingerprint density at radius 3 is 2.35 bits per heavy atom. The maximum atomic E-state index is 4.48. The Balaban J connectivity index is 0.00000338. The highest BCUT2D eigenvalue weighted by atomic mass is 127. The number of anilines is 1. The fourth-order valence-corrected chi connectivity index (χ4v) is 2.64. The summed E-state index contributed by atoms with van der Waals surface area (Å²) in [5.41, 5.74) is 3.45. The molecule has 0 amide bonds. The fourth-order valence-electron chi connectivity index (χ4n) is 2.64. The van der Waals surface area contributed by atoms with Gasteiger partial charge in [-0.2, -0.15) is 5.10 Å². The lowest BCUT2D eigenvalue weighted by Crippen LogP contribution is -2.38. The average molecular weight is 470 g/mol. The topological polar surface area (TPSA) is 66.3 Å². The zero-order valence-corrected chi connectivity index (χ0v) is 18.3. The van der Waals surface area contributed by atoms with Crippen molar-refractivity contribution >= 4 is 35.6 Å². The molecule has 3 N–H and O–H groups in total. The number of guanidine groups is 1. The molecule has 2 aromatic rings. The molecule has 26 heavy (non-hydrogen) atoms. The van der Waals surface area contributed by atoms with Gasteiger partial charge < -0.3 is 16.0 Å². The van der Waals surface area contributed by atoms with Crippen molar-refractivity contribution in [1.29, 1.82) is 0 Å². The van der Waals surface area contributed by atoms with E-state index in [9.17, 15) is 0 Å². The second-order valence-corrected chi connectivity index (χ2v) is 6.08. The third-order valence-electron chi connectivity index (χ3n) is 3.92. The summed E-state index contributed by atoms with van der Waals surface area (Å²) in [5, 5.41) is 14.6. The van der Waals surface area contributed by atoms with Crippen LogP contribution in [0.25, 0.3) is 0 Å². The molecule has 0 aliphatic heterocycles. The minimum Gasteiger partial charge on any atom is -0.385 e. The van der Waals surface area contributed by atoms with Crippen molar-refractivity contribution in [3.05, 3.63) is 47.8 Å². The molecule has 144 valence electrons. The number of para-hydroxylation sites is 1. The van der Waals surface area contributed by atoms with E-state index < -0.39 is 0 Å². The smallest absolute Gasteiger partial charge is 0.190 e. The number of hydrogen-bond donors (Lipinski definition) is 3. The van der Waals surface area contributed by atoms with Gasteiger partial charge in [0.25, 0.3) is 0 Å². The van der Waals surface area contributed by atoms with Gasteiger partial charge in [0.15, 0.2) is 5.96 Å². The zero-order valence-electron chi connectivity index (χ0n) is 16.0. The molecule has 0 unspecified atom stereocenters. The minimum absolute atomic E-state index is 0. The molecule has 7 heteroatoms. The van der Waals surface area contributed by atoms with Crippen LogP contribution in [0.15, 0.2) is 41.4 Å². The van der Waals surface area contributed by atoms with Crippen molar-refractivity contribution < 1.29 is 0 Å². The standard InChI is InChI=1S/C19H30N6.HI/c1-16-15-17(2)25(24-16)14-8-13-23-19(20-3)22-12-7-11-21-18-9-5-4-6-10-18;/h4-6,9-10,15,21H,7-8,11-14H2,1-3H3,(H2,20,22,23);1H. The molecule has 0 fully saturated rings. The van der Waals surface area contributed by atoms with E-state index in [0.29, 0.717) is 0 Å². The molecule has 0 atom stereocenters. The molecule has 0 saturated carbocycles. The molecule has 0 spiro atoms. The number of aliphatic imine (C=N–C) groups is 1. The summed E-state index contributed by atoms with van der Waals surface area (Å²) in [4.78, 5) is 4.26. The van der Waals surface area contributed by atoms with Gasteiger partial charge in [-0.25, -0.2) is 0 Å². The van der Waals surface area contributed by atoms with Gasteiger partial charge in [0.05, 0.1) is 5.69 Å². The number of hydrogen-bond acceptors (Lipinski definition) is 3. The number of aromatic nitrogens is 2. The van der Waals surface area contributed by atoms with E-state index in [2.05, 4.69) is 55.8 Å². The molecule has 0 aliphatic carbocycles. The first-order valence-electron chi connectivity index (χ1n) is 8.93. The lowest BCUT2D eigenvalue weighted by Gasteiger charge is -2.12. The van der Waals surface area contributed by atoms with Crippen molar-refractivity contribution in [3.63, 3.8) is 0 Å². The Morgan fingerprint density at radius 2 is 1.73 bits per heavy atom. The second-order valence-electron chi connectivity index (χ2n) is 6.08. The monoisotopic (exact) mass is 470 g/mol. The second kappa shape index (κ2) is 12.6. The van der Waals surface area contributed by atoms with Gasteiger partial charge in [-0.3, -0.25) is 9.67 Å². The van der Waals surface area contributed by atoms with Crippen LogP contribution in [-0.2, 0) is 6.54 Å². The quantitative estimate of drug-likeness (QED) is 0.228. The summed E-state index contributed by atoms with van der Waals surface area (Å²) in [6, 6.07) is 12.4. The summed E-state index contributed by atoms with van der Waals surface area (Å²) >= 11 is 0. The van der Waals surface area contributed by atoms with Crippen LogP contribution in [0, 0.1) is 13.8 Å². The Hall–Kier alpha value is -1.77. The molecule has 6 nitrogen and oxygen atoms in total. The average Bonchev–Trinajstić information content (AvgIpc) is 2.94. The van der Waals surface area contributed by atoms with Crippen molar-refractivity contribution in [2.75, 3.05) is 32.0 Å². The Kier molecular flexibility index (Phi) is 10.8. The van der Waals surface area contributed by atoms with Crippen LogP contribution in [0.5, 0.6) is 0 Å². The van der Waals surface area contributed by atoms with Crippen LogP contribution < -0.4 is 16.0 Å². The molecular weight excluding hydrogens is 439 g/mol. The molecule has 1 aromatic heterocycles. The number of benzene rings is 1. The van der Waals surface area contributed by atoms with Crippen LogP contribution in [0.1, 0.15) is 24.2 Å². The Morgan fingerprint density at radius 1 is 1.04 bits per heavy atom.